The van der Waals surface area contributed by atoms with Crippen LogP contribution in [0, 0.1) is 0 Å². The van der Waals surface area contributed by atoms with Crippen LogP contribution in [-0.2, 0) is 21.4 Å². The lowest BCUT2D eigenvalue weighted by Gasteiger charge is -2.24. The zero-order chi connectivity index (χ0) is 26.3. The first-order valence-electron chi connectivity index (χ1n) is 10.7. The summed E-state index contributed by atoms with van der Waals surface area (Å²) < 4.78 is 49.3. The van der Waals surface area contributed by atoms with Crippen molar-refractivity contribution in [2.45, 2.75) is 11.4 Å². The molecule has 0 spiro atoms. The molecule has 0 aromatic heterocycles. The van der Waals surface area contributed by atoms with Crippen molar-refractivity contribution in [1.82, 2.24) is 5.32 Å². The van der Waals surface area contributed by atoms with Crippen molar-refractivity contribution < 1.29 is 32.2 Å². The molecule has 0 fully saturated rings. The maximum absolute atomic E-state index is 13.6. The van der Waals surface area contributed by atoms with Gasteiger partial charge in [0.25, 0.3) is 10.0 Å². The number of benzene rings is 3. The van der Waals surface area contributed by atoms with E-state index in [2.05, 4.69) is 5.32 Å². The first-order chi connectivity index (χ1) is 17.2. The molecule has 192 valence electrons. The van der Waals surface area contributed by atoms with Gasteiger partial charge in [-0.3, -0.25) is 9.10 Å². The highest BCUT2D eigenvalue weighted by Crippen LogP contribution is 2.32. The molecular formula is C25H27ClN2O7S. The molecule has 0 heterocycles. The quantitative estimate of drug-likeness (QED) is 0.398. The Morgan fingerprint density at radius 1 is 0.806 bits per heavy atom. The fourth-order valence-electron chi connectivity index (χ4n) is 3.40. The molecule has 0 saturated carbocycles. The predicted octanol–water partition coefficient (Wildman–Crippen LogP) is 3.89. The van der Waals surface area contributed by atoms with E-state index in [4.69, 9.17) is 30.5 Å². The van der Waals surface area contributed by atoms with Gasteiger partial charge in [0.1, 0.15) is 6.54 Å². The number of methoxy groups -OCH3 is 4. The molecule has 3 rings (SSSR count). The molecule has 0 radical (unpaired) electrons. The minimum atomic E-state index is -4.16. The maximum Gasteiger partial charge on any atom is 0.264 e. The molecule has 3 aromatic carbocycles. The summed E-state index contributed by atoms with van der Waals surface area (Å²) in [6.07, 6.45) is 0. The molecule has 9 nitrogen and oxygen atoms in total. The highest BCUT2D eigenvalue weighted by atomic mass is 35.5. The summed E-state index contributed by atoms with van der Waals surface area (Å²) in [4.78, 5) is 12.8. The third-order valence-electron chi connectivity index (χ3n) is 5.28. The molecule has 1 amide bonds. The van der Waals surface area contributed by atoms with Crippen molar-refractivity contribution in [3.8, 4) is 23.0 Å². The highest BCUT2D eigenvalue weighted by molar-refractivity contribution is 7.92. The molecule has 36 heavy (non-hydrogen) atoms. The van der Waals surface area contributed by atoms with Gasteiger partial charge in [0.2, 0.25) is 5.91 Å². The monoisotopic (exact) mass is 534 g/mol. The first kappa shape index (κ1) is 27.0. The average Bonchev–Trinajstić information content (AvgIpc) is 2.90. The van der Waals surface area contributed by atoms with Crippen LogP contribution >= 0.6 is 11.6 Å². The van der Waals surface area contributed by atoms with Crippen LogP contribution in [-0.4, -0.2) is 49.3 Å². The van der Waals surface area contributed by atoms with Crippen LogP contribution in [0.5, 0.6) is 23.0 Å². The Balaban J connectivity index is 1.88. The number of carbonyl (C=O) groups is 1. The Kier molecular flexibility index (Phi) is 8.89. The summed E-state index contributed by atoms with van der Waals surface area (Å²) in [6.45, 7) is -0.310. The number of ether oxygens (including phenoxy) is 4. The molecule has 11 heteroatoms. The summed E-state index contributed by atoms with van der Waals surface area (Å²) in [6, 6.07) is 15.6. The van der Waals surface area contributed by atoms with Gasteiger partial charge < -0.3 is 24.3 Å². The van der Waals surface area contributed by atoms with Crippen LogP contribution in [0.4, 0.5) is 5.69 Å². The Bertz CT molecular complexity index is 1310. The summed E-state index contributed by atoms with van der Waals surface area (Å²) in [5.41, 5.74) is 1.03. The lowest BCUT2D eigenvalue weighted by Crippen LogP contribution is -2.40. The van der Waals surface area contributed by atoms with Gasteiger partial charge in [0.15, 0.2) is 23.0 Å². The van der Waals surface area contributed by atoms with Crippen LogP contribution < -0.4 is 28.6 Å². The van der Waals surface area contributed by atoms with Gasteiger partial charge in [-0.1, -0.05) is 17.7 Å². The molecule has 3 aromatic rings. The van der Waals surface area contributed by atoms with Crippen LogP contribution in [0.25, 0.3) is 0 Å². The number of nitrogens with zero attached hydrogens (tertiary/aromatic N) is 1. The van der Waals surface area contributed by atoms with Crippen LogP contribution in [0.15, 0.2) is 65.6 Å². The Labute approximate surface area is 215 Å². The van der Waals surface area contributed by atoms with E-state index in [0.29, 0.717) is 22.3 Å². The van der Waals surface area contributed by atoms with E-state index in [1.165, 1.54) is 58.8 Å². The lowest BCUT2D eigenvalue weighted by atomic mass is 10.2. The summed E-state index contributed by atoms with van der Waals surface area (Å²) in [5.74, 6) is 1.18. The van der Waals surface area contributed by atoms with Crippen molar-refractivity contribution in [3.63, 3.8) is 0 Å². The van der Waals surface area contributed by atoms with E-state index in [1.807, 2.05) is 0 Å². The van der Waals surface area contributed by atoms with E-state index in [9.17, 15) is 13.2 Å². The second kappa shape index (κ2) is 11.9. The number of rotatable bonds is 11. The number of hydrogen-bond acceptors (Lipinski definition) is 7. The minimum Gasteiger partial charge on any atom is -0.493 e. The van der Waals surface area contributed by atoms with E-state index in [0.717, 1.165) is 9.87 Å². The van der Waals surface area contributed by atoms with E-state index in [1.54, 1.807) is 30.3 Å². The summed E-state index contributed by atoms with van der Waals surface area (Å²) >= 11 is 5.99. The molecular weight excluding hydrogens is 508 g/mol. The molecule has 0 unspecified atom stereocenters. The number of nitrogens with one attached hydrogen (secondary N) is 1. The maximum atomic E-state index is 13.6. The standard InChI is InChI=1S/C25H27ClN2O7S/c1-32-21-11-5-17(13-23(21)34-3)15-27-25(29)16-28(19-8-6-18(26)7-9-19)36(30,31)20-10-12-22(33-2)24(14-20)35-4/h5-14H,15-16H2,1-4H3,(H,27,29). The van der Waals surface area contributed by atoms with Gasteiger partial charge in [0, 0.05) is 17.6 Å². The van der Waals surface area contributed by atoms with Gasteiger partial charge in [-0.2, -0.15) is 0 Å². The number of amides is 1. The third kappa shape index (κ3) is 6.13. The van der Waals surface area contributed by atoms with Crippen molar-refractivity contribution >= 4 is 33.2 Å². The van der Waals surface area contributed by atoms with Crippen LogP contribution in [0.1, 0.15) is 5.56 Å². The molecule has 0 aliphatic rings. The van der Waals surface area contributed by atoms with E-state index in [-0.39, 0.29) is 22.9 Å². The Hall–Kier alpha value is -3.63. The Morgan fingerprint density at radius 2 is 1.36 bits per heavy atom. The molecule has 1 N–H and O–H groups in total. The zero-order valence-electron chi connectivity index (χ0n) is 20.3. The minimum absolute atomic E-state index is 0.0669. The number of halogens is 1. The number of anilines is 1. The van der Waals surface area contributed by atoms with E-state index >= 15 is 0 Å². The average molecular weight is 535 g/mol. The molecule has 0 atom stereocenters. The van der Waals surface area contributed by atoms with Crippen LogP contribution in [0.3, 0.4) is 0 Å². The van der Waals surface area contributed by atoms with Crippen molar-refractivity contribution in [2.75, 3.05) is 39.3 Å². The largest absolute Gasteiger partial charge is 0.493 e. The van der Waals surface area contributed by atoms with Crippen molar-refractivity contribution in [3.05, 3.63) is 71.2 Å². The Morgan fingerprint density at radius 3 is 1.94 bits per heavy atom. The molecule has 0 aliphatic heterocycles. The number of hydrogen-bond donors (Lipinski definition) is 1. The van der Waals surface area contributed by atoms with Gasteiger partial charge in [0.05, 0.1) is 39.0 Å². The van der Waals surface area contributed by atoms with Gasteiger partial charge in [-0.25, -0.2) is 8.42 Å². The lowest BCUT2D eigenvalue weighted by molar-refractivity contribution is -0.119. The fraction of sp³-hybridized carbons (Fsp3) is 0.240. The van der Waals surface area contributed by atoms with Gasteiger partial charge >= 0.3 is 0 Å². The fourth-order valence-corrected chi connectivity index (χ4v) is 4.97. The van der Waals surface area contributed by atoms with Gasteiger partial charge in [-0.05, 0) is 54.1 Å². The predicted molar refractivity (Wildman–Crippen MR) is 137 cm³/mol. The van der Waals surface area contributed by atoms with Crippen molar-refractivity contribution in [2.24, 2.45) is 0 Å². The van der Waals surface area contributed by atoms with Crippen molar-refractivity contribution in [1.29, 1.82) is 0 Å². The number of carbonyl (C=O) groups excluding carboxylic acids is 1. The van der Waals surface area contributed by atoms with Crippen LogP contribution in [0.2, 0.25) is 5.02 Å². The second-order valence-corrected chi connectivity index (χ2v) is 9.77. The second-order valence-electron chi connectivity index (χ2n) is 7.47. The topological polar surface area (TPSA) is 103 Å². The zero-order valence-corrected chi connectivity index (χ0v) is 21.9. The smallest absolute Gasteiger partial charge is 0.264 e. The van der Waals surface area contributed by atoms with Gasteiger partial charge in [-0.15, -0.1) is 0 Å². The van der Waals surface area contributed by atoms with E-state index < -0.39 is 22.5 Å². The molecule has 0 aliphatic carbocycles. The first-order valence-corrected chi connectivity index (χ1v) is 12.5. The molecule has 0 bridgehead atoms. The highest BCUT2D eigenvalue weighted by Gasteiger charge is 2.28. The third-order valence-corrected chi connectivity index (χ3v) is 7.30. The molecule has 0 saturated heterocycles. The summed E-state index contributed by atoms with van der Waals surface area (Å²) in [7, 11) is 1.75. The number of sulfonamides is 1. The summed E-state index contributed by atoms with van der Waals surface area (Å²) in [5, 5.41) is 3.18. The normalized spacial score (nSPS) is 10.9. The SMILES string of the molecule is COc1ccc(CNC(=O)CN(c2ccc(Cl)cc2)S(=O)(=O)c2ccc(OC)c(OC)c2)cc1OC.